The summed E-state index contributed by atoms with van der Waals surface area (Å²) < 4.78 is 15.6. The molecule has 1 heterocycles. The van der Waals surface area contributed by atoms with Crippen LogP contribution in [0.3, 0.4) is 0 Å². The van der Waals surface area contributed by atoms with E-state index in [-0.39, 0.29) is 11.9 Å². The maximum atomic E-state index is 13.6. The molecule has 1 aromatic heterocycles. The Morgan fingerprint density at radius 1 is 1.22 bits per heavy atom. The third kappa shape index (κ3) is 2.53. The van der Waals surface area contributed by atoms with Crippen molar-refractivity contribution in [2.45, 2.75) is 32.2 Å². The number of hydrogen-bond acceptors (Lipinski definition) is 2. The molecule has 0 aliphatic carbocycles. The molecule has 0 N–H and O–H groups in total. The number of hydrogen-bond donors (Lipinski definition) is 0. The zero-order chi connectivity index (χ0) is 13.1. The van der Waals surface area contributed by atoms with Crippen LogP contribution >= 0.6 is 11.6 Å². The second-order valence-corrected chi connectivity index (χ2v) is 4.67. The second kappa shape index (κ2) is 5.48. The van der Waals surface area contributed by atoms with Gasteiger partial charge in [-0.05, 0) is 25.5 Å². The number of benzene rings is 1. The van der Waals surface area contributed by atoms with E-state index >= 15 is 0 Å². The highest BCUT2D eigenvalue weighted by Crippen LogP contribution is 2.17. The normalized spacial score (nSPS) is 11.2. The van der Waals surface area contributed by atoms with Gasteiger partial charge in [0.05, 0.1) is 5.88 Å². The molecule has 96 valence electrons. The van der Waals surface area contributed by atoms with Crippen molar-refractivity contribution < 1.29 is 4.39 Å². The van der Waals surface area contributed by atoms with Crippen molar-refractivity contribution in [1.29, 1.82) is 0 Å². The van der Waals surface area contributed by atoms with Gasteiger partial charge in [0.1, 0.15) is 17.5 Å². The molecule has 0 spiro atoms. The molecular weight excluding hydrogens is 253 g/mol. The summed E-state index contributed by atoms with van der Waals surface area (Å²) in [5.41, 5.74) is 0.618. The van der Waals surface area contributed by atoms with Crippen molar-refractivity contribution in [1.82, 2.24) is 14.8 Å². The van der Waals surface area contributed by atoms with E-state index in [4.69, 9.17) is 11.6 Å². The molecule has 0 saturated heterocycles. The zero-order valence-electron chi connectivity index (χ0n) is 10.4. The minimum Gasteiger partial charge on any atom is -0.311 e. The predicted octanol–water partition coefficient (Wildman–Crippen LogP) is 3.33. The van der Waals surface area contributed by atoms with Crippen LogP contribution in [0.4, 0.5) is 4.39 Å². The summed E-state index contributed by atoms with van der Waals surface area (Å²) in [5.74, 6) is 1.55. The zero-order valence-corrected chi connectivity index (χ0v) is 11.2. The molecule has 0 aliphatic heterocycles. The summed E-state index contributed by atoms with van der Waals surface area (Å²) in [6, 6.07) is 6.91. The summed E-state index contributed by atoms with van der Waals surface area (Å²) in [6.45, 7) is 4.06. The first-order valence-electron chi connectivity index (χ1n) is 5.85. The summed E-state index contributed by atoms with van der Waals surface area (Å²) in [7, 11) is 0. The van der Waals surface area contributed by atoms with Gasteiger partial charge in [-0.1, -0.05) is 18.2 Å². The van der Waals surface area contributed by atoms with Gasteiger partial charge in [0.2, 0.25) is 0 Å². The Labute approximate surface area is 111 Å². The van der Waals surface area contributed by atoms with Crippen molar-refractivity contribution >= 4 is 11.6 Å². The fourth-order valence-electron chi connectivity index (χ4n) is 1.98. The largest absolute Gasteiger partial charge is 0.311 e. The van der Waals surface area contributed by atoms with E-state index in [9.17, 15) is 4.39 Å². The van der Waals surface area contributed by atoms with Crippen LogP contribution in [0.15, 0.2) is 24.3 Å². The Balaban J connectivity index is 2.35. The van der Waals surface area contributed by atoms with Gasteiger partial charge >= 0.3 is 0 Å². The molecule has 18 heavy (non-hydrogen) atoms. The number of rotatable bonds is 4. The van der Waals surface area contributed by atoms with Crippen LogP contribution < -0.4 is 0 Å². The molecule has 0 radical (unpaired) electrons. The molecule has 0 aliphatic rings. The van der Waals surface area contributed by atoms with Crippen molar-refractivity contribution in [3.05, 3.63) is 47.3 Å². The highest BCUT2D eigenvalue weighted by Gasteiger charge is 2.15. The van der Waals surface area contributed by atoms with Gasteiger partial charge in [-0.3, -0.25) is 0 Å². The van der Waals surface area contributed by atoms with E-state index in [2.05, 4.69) is 10.2 Å². The molecule has 3 nitrogen and oxygen atoms in total. The third-order valence-electron chi connectivity index (χ3n) is 2.78. The lowest BCUT2D eigenvalue weighted by Gasteiger charge is -2.13. The molecule has 0 fully saturated rings. The number of alkyl halides is 1. The van der Waals surface area contributed by atoms with Crippen molar-refractivity contribution in [3.8, 4) is 0 Å². The van der Waals surface area contributed by atoms with Crippen LogP contribution in [0.2, 0.25) is 0 Å². The van der Waals surface area contributed by atoms with Crippen molar-refractivity contribution in [3.63, 3.8) is 0 Å². The summed E-state index contributed by atoms with van der Waals surface area (Å²) in [4.78, 5) is 0. The first-order valence-corrected chi connectivity index (χ1v) is 6.39. The molecule has 0 atom stereocenters. The highest BCUT2D eigenvalue weighted by atomic mass is 35.5. The molecule has 1 aromatic carbocycles. The lowest BCUT2D eigenvalue weighted by molar-refractivity contribution is 0.551. The first-order chi connectivity index (χ1) is 8.63. The fourth-order valence-corrected chi connectivity index (χ4v) is 2.16. The van der Waals surface area contributed by atoms with Gasteiger partial charge in [-0.2, -0.15) is 0 Å². The number of nitrogens with zero attached hydrogens (tertiary/aromatic N) is 3. The maximum Gasteiger partial charge on any atom is 0.148 e. The SMILES string of the molecule is CC(C)n1c(CCl)nnc1Cc1ccccc1F. The van der Waals surface area contributed by atoms with Crippen LogP contribution in [-0.2, 0) is 12.3 Å². The van der Waals surface area contributed by atoms with Crippen LogP contribution in [0.5, 0.6) is 0 Å². The molecular formula is C13H15ClFN3. The lowest BCUT2D eigenvalue weighted by Crippen LogP contribution is -2.10. The van der Waals surface area contributed by atoms with Gasteiger partial charge in [-0.25, -0.2) is 4.39 Å². The van der Waals surface area contributed by atoms with E-state index in [0.29, 0.717) is 17.9 Å². The fraction of sp³-hybridized carbons (Fsp3) is 0.385. The van der Waals surface area contributed by atoms with Crippen LogP contribution in [-0.4, -0.2) is 14.8 Å². The molecule has 0 unspecified atom stereocenters. The van der Waals surface area contributed by atoms with Crippen molar-refractivity contribution in [2.75, 3.05) is 0 Å². The predicted molar refractivity (Wildman–Crippen MR) is 69.2 cm³/mol. The average Bonchev–Trinajstić information content (AvgIpc) is 2.75. The van der Waals surface area contributed by atoms with Crippen LogP contribution in [0.1, 0.15) is 37.1 Å². The van der Waals surface area contributed by atoms with Gasteiger partial charge in [0.15, 0.2) is 0 Å². The topological polar surface area (TPSA) is 30.7 Å². The summed E-state index contributed by atoms with van der Waals surface area (Å²) in [5, 5.41) is 8.15. The van der Waals surface area contributed by atoms with E-state index in [1.807, 2.05) is 24.5 Å². The van der Waals surface area contributed by atoms with Crippen LogP contribution in [0.25, 0.3) is 0 Å². The molecule has 0 saturated carbocycles. The molecule has 2 rings (SSSR count). The highest BCUT2D eigenvalue weighted by molar-refractivity contribution is 6.16. The summed E-state index contributed by atoms with van der Waals surface area (Å²) >= 11 is 5.83. The Morgan fingerprint density at radius 3 is 2.50 bits per heavy atom. The standard InChI is InChI=1S/C13H15ClFN3/c1-9(2)18-12(16-17-13(18)8-14)7-10-5-3-4-6-11(10)15/h3-6,9H,7-8H2,1-2H3. The van der Waals surface area contributed by atoms with Gasteiger partial charge in [0, 0.05) is 12.5 Å². The van der Waals surface area contributed by atoms with E-state index < -0.39 is 0 Å². The maximum absolute atomic E-state index is 13.6. The molecule has 2 aromatic rings. The quantitative estimate of drug-likeness (QED) is 0.796. The Hall–Kier alpha value is -1.42. The average molecular weight is 268 g/mol. The Morgan fingerprint density at radius 2 is 1.89 bits per heavy atom. The summed E-state index contributed by atoms with van der Waals surface area (Å²) in [6.07, 6.45) is 0.425. The van der Waals surface area contributed by atoms with Gasteiger partial charge in [-0.15, -0.1) is 21.8 Å². The monoisotopic (exact) mass is 267 g/mol. The number of halogens is 2. The lowest BCUT2D eigenvalue weighted by atomic mass is 10.1. The molecule has 5 heteroatoms. The van der Waals surface area contributed by atoms with Crippen molar-refractivity contribution in [2.24, 2.45) is 0 Å². The first kappa shape index (κ1) is 13.0. The van der Waals surface area contributed by atoms with Crippen LogP contribution in [0, 0.1) is 5.82 Å². The Kier molecular flexibility index (Phi) is 3.97. The molecule has 0 bridgehead atoms. The van der Waals surface area contributed by atoms with E-state index in [1.54, 1.807) is 12.1 Å². The smallest absolute Gasteiger partial charge is 0.148 e. The van der Waals surface area contributed by atoms with E-state index in [0.717, 1.165) is 11.6 Å². The number of aromatic nitrogens is 3. The minimum atomic E-state index is -0.219. The minimum absolute atomic E-state index is 0.204. The second-order valence-electron chi connectivity index (χ2n) is 4.40. The van der Waals surface area contributed by atoms with Gasteiger partial charge < -0.3 is 4.57 Å². The molecule has 0 amide bonds. The van der Waals surface area contributed by atoms with E-state index in [1.165, 1.54) is 6.07 Å². The van der Waals surface area contributed by atoms with Gasteiger partial charge in [0.25, 0.3) is 0 Å². The Bertz CT molecular complexity index is 537. The third-order valence-corrected chi connectivity index (χ3v) is 3.02.